The molecule has 2 heterocycles. The summed E-state index contributed by atoms with van der Waals surface area (Å²) in [5, 5.41) is 3.03. The standard InChI is InChI=1S/C16H18ClN3S/c1-9-5-6-14-13(7-9)19-15(11(3)17)20(14)12(4)16-18-10(2)8-21-16/h5-8,11-12H,1-4H3. The van der Waals surface area contributed by atoms with E-state index in [0.717, 1.165) is 27.6 Å². The number of hydrogen-bond donors (Lipinski definition) is 0. The van der Waals surface area contributed by atoms with Crippen LogP contribution in [0.3, 0.4) is 0 Å². The molecule has 110 valence electrons. The van der Waals surface area contributed by atoms with Crippen molar-refractivity contribution in [1.29, 1.82) is 0 Å². The number of rotatable bonds is 3. The number of aryl methyl sites for hydroxylation is 2. The van der Waals surface area contributed by atoms with E-state index in [1.807, 2.05) is 13.8 Å². The van der Waals surface area contributed by atoms with Crippen molar-refractivity contribution in [2.24, 2.45) is 0 Å². The first-order valence-electron chi connectivity index (χ1n) is 7.02. The molecule has 2 aromatic heterocycles. The highest BCUT2D eigenvalue weighted by molar-refractivity contribution is 7.09. The van der Waals surface area contributed by atoms with Crippen molar-refractivity contribution in [2.45, 2.75) is 39.1 Å². The van der Waals surface area contributed by atoms with Crippen LogP contribution in [0, 0.1) is 13.8 Å². The van der Waals surface area contributed by atoms with Gasteiger partial charge in [-0.2, -0.15) is 0 Å². The second-order valence-corrected chi connectivity index (χ2v) is 7.00. The number of alkyl halides is 1. The second kappa shape index (κ2) is 5.43. The molecule has 0 aliphatic carbocycles. The van der Waals surface area contributed by atoms with E-state index in [-0.39, 0.29) is 11.4 Å². The molecule has 21 heavy (non-hydrogen) atoms. The molecule has 1 aromatic carbocycles. The minimum Gasteiger partial charge on any atom is -0.317 e. The molecule has 3 aromatic rings. The van der Waals surface area contributed by atoms with Gasteiger partial charge in [-0.05, 0) is 45.4 Å². The number of imidazole rings is 1. The molecule has 0 amide bonds. The van der Waals surface area contributed by atoms with Crippen molar-refractivity contribution < 1.29 is 0 Å². The van der Waals surface area contributed by atoms with Crippen LogP contribution < -0.4 is 0 Å². The van der Waals surface area contributed by atoms with Crippen LogP contribution >= 0.6 is 22.9 Å². The summed E-state index contributed by atoms with van der Waals surface area (Å²) < 4.78 is 2.21. The third kappa shape index (κ3) is 2.58. The van der Waals surface area contributed by atoms with Crippen LogP contribution in [-0.4, -0.2) is 14.5 Å². The van der Waals surface area contributed by atoms with Gasteiger partial charge in [-0.3, -0.25) is 0 Å². The minimum absolute atomic E-state index is 0.132. The summed E-state index contributed by atoms with van der Waals surface area (Å²) >= 11 is 8.04. The monoisotopic (exact) mass is 319 g/mol. The molecule has 0 aliphatic heterocycles. The first kappa shape index (κ1) is 14.5. The molecule has 0 spiro atoms. The van der Waals surface area contributed by atoms with Crippen LogP contribution in [0.5, 0.6) is 0 Å². The fourth-order valence-corrected chi connectivity index (χ4v) is 3.59. The average Bonchev–Trinajstić information content (AvgIpc) is 3.01. The molecular formula is C16H18ClN3S. The summed E-state index contributed by atoms with van der Waals surface area (Å²) in [7, 11) is 0. The molecule has 0 aliphatic rings. The molecule has 3 nitrogen and oxygen atoms in total. The maximum absolute atomic E-state index is 6.36. The summed E-state index contributed by atoms with van der Waals surface area (Å²) in [5.41, 5.74) is 4.38. The van der Waals surface area contributed by atoms with Crippen LogP contribution in [0.4, 0.5) is 0 Å². The van der Waals surface area contributed by atoms with Crippen LogP contribution in [0.1, 0.15) is 47.4 Å². The molecule has 0 fully saturated rings. The van der Waals surface area contributed by atoms with Gasteiger partial charge in [0, 0.05) is 11.1 Å². The maximum Gasteiger partial charge on any atom is 0.128 e. The Hall–Kier alpha value is -1.39. The normalized spacial score (nSPS) is 14.5. The zero-order valence-electron chi connectivity index (χ0n) is 12.6. The van der Waals surface area contributed by atoms with Gasteiger partial charge >= 0.3 is 0 Å². The lowest BCUT2D eigenvalue weighted by Gasteiger charge is -2.16. The van der Waals surface area contributed by atoms with Crippen molar-refractivity contribution in [3.05, 3.63) is 45.7 Å². The van der Waals surface area contributed by atoms with Crippen LogP contribution in [-0.2, 0) is 0 Å². The lowest BCUT2D eigenvalue weighted by atomic mass is 10.2. The minimum atomic E-state index is -0.138. The largest absolute Gasteiger partial charge is 0.317 e. The van der Waals surface area contributed by atoms with Crippen molar-refractivity contribution in [3.8, 4) is 0 Å². The van der Waals surface area contributed by atoms with E-state index in [4.69, 9.17) is 16.6 Å². The first-order valence-corrected chi connectivity index (χ1v) is 8.33. The van der Waals surface area contributed by atoms with Crippen LogP contribution in [0.2, 0.25) is 0 Å². The van der Waals surface area contributed by atoms with Gasteiger partial charge in [-0.25, -0.2) is 9.97 Å². The number of benzene rings is 1. The van der Waals surface area contributed by atoms with Crippen molar-refractivity contribution in [1.82, 2.24) is 14.5 Å². The molecule has 0 saturated heterocycles. The topological polar surface area (TPSA) is 30.7 Å². The Morgan fingerprint density at radius 1 is 1.19 bits per heavy atom. The van der Waals surface area contributed by atoms with Gasteiger partial charge in [0.25, 0.3) is 0 Å². The van der Waals surface area contributed by atoms with E-state index in [1.165, 1.54) is 5.56 Å². The fraction of sp³-hybridized carbons (Fsp3) is 0.375. The first-order chi connectivity index (χ1) is 9.97. The van der Waals surface area contributed by atoms with Crippen LogP contribution in [0.15, 0.2) is 23.6 Å². The van der Waals surface area contributed by atoms with Crippen molar-refractivity contribution in [3.63, 3.8) is 0 Å². The third-order valence-electron chi connectivity index (χ3n) is 3.61. The predicted octanol–water partition coefficient (Wildman–Crippen LogP) is 5.02. The molecule has 0 N–H and O–H groups in total. The summed E-state index contributed by atoms with van der Waals surface area (Å²) in [5.74, 6) is 0.901. The quantitative estimate of drug-likeness (QED) is 0.635. The Kier molecular flexibility index (Phi) is 3.76. The van der Waals surface area contributed by atoms with E-state index < -0.39 is 0 Å². The SMILES string of the molecule is Cc1ccc2c(c1)nc(C(C)Cl)n2C(C)c1nc(C)cs1. The highest BCUT2D eigenvalue weighted by atomic mass is 35.5. The van der Waals surface area contributed by atoms with Gasteiger partial charge in [0.2, 0.25) is 0 Å². The number of hydrogen-bond acceptors (Lipinski definition) is 3. The summed E-state index contributed by atoms with van der Waals surface area (Å²) in [6, 6.07) is 6.47. The summed E-state index contributed by atoms with van der Waals surface area (Å²) in [6.07, 6.45) is 0. The zero-order valence-corrected chi connectivity index (χ0v) is 14.2. The van der Waals surface area contributed by atoms with E-state index >= 15 is 0 Å². The lowest BCUT2D eigenvalue weighted by Crippen LogP contribution is -2.11. The second-order valence-electron chi connectivity index (χ2n) is 5.45. The van der Waals surface area contributed by atoms with Gasteiger partial charge in [0.15, 0.2) is 0 Å². The summed E-state index contributed by atoms with van der Waals surface area (Å²) in [6.45, 7) is 8.22. The van der Waals surface area contributed by atoms with E-state index in [9.17, 15) is 0 Å². The Balaban J connectivity index is 2.21. The molecule has 0 bridgehead atoms. The molecule has 2 unspecified atom stereocenters. The smallest absolute Gasteiger partial charge is 0.128 e. The van der Waals surface area contributed by atoms with E-state index in [0.29, 0.717) is 0 Å². The molecule has 3 rings (SSSR count). The Morgan fingerprint density at radius 2 is 1.95 bits per heavy atom. The highest BCUT2D eigenvalue weighted by Gasteiger charge is 2.21. The third-order valence-corrected chi connectivity index (χ3v) is 4.94. The zero-order chi connectivity index (χ0) is 15.1. The highest BCUT2D eigenvalue weighted by Crippen LogP contribution is 2.32. The number of thiazole rings is 1. The van der Waals surface area contributed by atoms with Crippen molar-refractivity contribution in [2.75, 3.05) is 0 Å². The number of halogens is 1. The Bertz CT molecular complexity index is 788. The predicted molar refractivity (Wildman–Crippen MR) is 89.4 cm³/mol. The van der Waals surface area contributed by atoms with Gasteiger partial charge in [-0.15, -0.1) is 22.9 Å². The average molecular weight is 320 g/mol. The number of aromatic nitrogens is 3. The summed E-state index contributed by atoms with van der Waals surface area (Å²) in [4.78, 5) is 9.35. The van der Waals surface area contributed by atoms with Gasteiger partial charge in [-0.1, -0.05) is 6.07 Å². The molecule has 2 atom stereocenters. The molecule has 5 heteroatoms. The Labute approximate surface area is 133 Å². The Morgan fingerprint density at radius 3 is 2.57 bits per heavy atom. The fourth-order valence-electron chi connectivity index (χ4n) is 2.59. The lowest BCUT2D eigenvalue weighted by molar-refractivity contribution is 0.614. The number of fused-ring (bicyclic) bond motifs is 1. The maximum atomic E-state index is 6.36. The van der Waals surface area contributed by atoms with Crippen molar-refractivity contribution >= 4 is 34.0 Å². The molecular weight excluding hydrogens is 302 g/mol. The van der Waals surface area contributed by atoms with Crippen LogP contribution in [0.25, 0.3) is 11.0 Å². The molecule has 0 radical (unpaired) electrons. The van der Waals surface area contributed by atoms with Gasteiger partial charge in [0.1, 0.15) is 10.8 Å². The van der Waals surface area contributed by atoms with E-state index in [2.05, 4.69) is 47.0 Å². The van der Waals surface area contributed by atoms with Gasteiger partial charge < -0.3 is 4.57 Å². The van der Waals surface area contributed by atoms with Gasteiger partial charge in [0.05, 0.1) is 22.5 Å². The van der Waals surface area contributed by atoms with E-state index in [1.54, 1.807) is 11.3 Å². The number of nitrogens with zero attached hydrogens (tertiary/aromatic N) is 3. The molecule has 0 saturated carbocycles.